The maximum absolute atomic E-state index is 9.48. The average Bonchev–Trinajstić information content (AvgIpc) is 2.32. The van der Waals surface area contributed by atoms with Crippen LogP contribution in [0.5, 0.6) is 0 Å². The third-order valence-electron chi connectivity index (χ3n) is 2.86. The number of hydrogen-bond acceptors (Lipinski definition) is 1. The molecule has 1 nitrogen and oxygen atoms in total. The van der Waals surface area contributed by atoms with Gasteiger partial charge in [0.1, 0.15) is 0 Å². The summed E-state index contributed by atoms with van der Waals surface area (Å²) in [5.74, 6) is 0. The molecular weight excluding hydrogens is 253 g/mol. The van der Waals surface area contributed by atoms with Crippen molar-refractivity contribution >= 4 is 23.2 Å². The maximum atomic E-state index is 9.48. The molecule has 0 heterocycles. The van der Waals surface area contributed by atoms with Crippen LogP contribution < -0.4 is 0 Å². The van der Waals surface area contributed by atoms with Crippen molar-refractivity contribution < 1.29 is 0 Å². The van der Waals surface area contributed by atoms with E-state index >= 15 is 0 Å². The van der Waals surface area contributed by atoms with Crippen LogP contribution in [0.2, 0.25) is 10.0 Å². The summed E-state index contributed by atoms with van der Waals surface area (Å²) in [5, 5.41) is 10.5. The molecule has 0 radical (unpaired) electrons. The van der Waals surface area contributed by atoms with Gasteiger partial charge in [0.15, 0.2) is 0 Å². The largest absolute Gasteiger partial charge is 0.197 e. The molecule has 0 aliphatic rings. The molecule has 0 aliphatic carbocycles. The monoisotopic (exact) mass is 267 g/mol. The Balaban J connectivity index is 3.25. The van der Waals surface area contributed by atoms with Crippen LogP contribution in [-0.4, -0.2) is 0 Å². The fraction of sp³-hybridized carbons (Fsp3) is 0.357. The van der Waals surface area contributed by atoms with Crippen LogP contribution in [0.3, 0.4) is 0 Å². The molecule has 0 N–H and O–H groups in total. The van der Waals surface area contributed by atoms with Gasteiger partial charge in [0.05, 0.1) is 21.5 Å². The molecule has 90 valence electrons. The molecule has 0 aromatic heterocycles. The van der Waals surface area contributed by atoms with Gasteiger partial charge in [-0.1, -0.05) is 48.7 Å². The zero-order valence-corrected chi connectivity index (χ0v) is 11.4. The quantitative estimate of drug-likeness (QED) is 0.679. The van der Waals surface area contributed by atoms with Gasteiger partial charge in [-0.25, -0.2) is 0 Å². The highest BCUT2D eigenvalue weighted by molar-refractivity contribution is 6.42. The van der Waals surface area contributed by atoms with Gasteiger partial charge < -0.3 is 0 Å². The van der Waals surface area contributed by atoms with Crippen molar-refractivity contribution in [3.05, 3.63) is 46.5 Å². The smallest absolute Gasteiger partial charge is 0.0857 e. The summed E-state index contributed by atoms with van der Waals surface area (Å²) in [6.45, 7) is 5.79. The molecule has 1 atom stereocenters. The van der Waals surface area contributed by atoms with Crippen molar-refractivity contribution in [1.82, 2.24) is 0 Å². The standard InChI is InChI=1S/C14H15Cl2N/c1-3-7-14(10-17,8-4-2)11-5-6-12(15)13(16)9-11/h3,5-6,9H,1,4,7-8H2,2H3. The van der Waals surface area contributed by atoms with E-state index < -0.39 is 5.41 Å². The minimum atomic E-state index is -0.537. The number of nitriles is 1. The molecule has 0 fully saturated rings. The zero-order valence-electron chi connectivity index (χ0n) is 9.84. The van der Waals surface area contributed by atoms with Gasteiger partial charge in [0.2, 0.25) is 0 Å². The lowest BCUT2D eigenvalue weighted by Gasteiger charge is -2.25. The number of allylic oxidation sites excluding steroid dienone is 1. The van der Waals surface area contributed by atoms with E-state index in [2.05, 4.69) is 19.6 Å². The van der Waals surface area contributed by atoms with Gasteiger partial charge in [-0.05, 0) is 30.5 Å². The van der Waals surface area contributed by atoms with E-state index in [0.717, 1.165) is 18.4 Å². The summed E-state index contributed by atoms with van der Waals surface area (Å²) >= 11 is 11.9. The Morgan fingerprint density at radius 3 is 2.59 bits per heavy atom. The zero-order chi connectivity index (χ0) is 12.9. The molecule has 17 heavy (non-hydrogen) atoms. The molecule has 3 heteroatoms. The molecule has 0 saturated carbocycles. The molecule has 0 bridgehead atoms. The second-order valence-corrected chi connectivity index (χ2v) is 4.88. The van der Waals surface area contributed by atoms with Gasteiger partial charge in [-0.15, -0.1) is 6.58 Å². The Bertz CT molecular complexity index is 448. The lowest BCUT2D eigenvalue weighted by Crippen LogP contribution is -2.23. The first-order valence-corrected chi connectivity index (χ1v) is 6.33. The number of halogens is 2. The van der Waals surface area contributed by atoms with E-state index in [1.165, 1.54) is 0 Å². The highest BCUT2D eigenvalue weighted by Crippen LogP contribution is 2.36. The Morgan fingerprint density at radius 2 is 2.12 bits per heavy atom. The first kappa shape index (κ1) is 14.1. The molecule has 1 aromatic carbocycles. The number of hydrogen-bond donors (Lipinski definition) is 0. The Labute approximate surface area is 113 Å². The first-order chi connectivity index (χ1) is 8.09. The summed E-state index contributed by atoms with van der Waals surface area (Å²) in [5.41, 5.74) is 0.376. The molecule has 0 aliphatic heterocycles. The normalized spacial score (nSPS) is 13.8. The van der Waals surface area contributed by atoms with Crippen molar-refractivity contribution in [3.8, 4) is 6.07 Å². The van der Waals surface area contributed by atoms with Crippen molar-refractivity contribution in [2.75, 3.05) is 0 Å². The van der Waals surface area contributed by atoms with Crippen LogP contribution >= 0.6 is 23.2 Å². The Kier molecular flexibility index (Phi) is 5.05. The van der Waals surface area contributed by atoms with Gasteiger partial charge in [-0.2, -0.15) is 5.26 Å². The lowest BCUT2D eigenvalue weighted by atomic mass is 9.75. The topological polar surface area (TPSA) is 23.8 Å². The molecule has 1 unspecified atom stereocenters. The van der Waals surface area contributed by atoms with E-state index in [9.17, 15) is 5.26 Å². The number of rotatable bonds is 5. The Hall–Kier alpha value is -0.970. The number of nitrogens with zero attached hydrogens (tertiary/aromatic N) is 1. The van der Waals surface area contributed by atoms with Crippen molar-refractivity contribution in [2.24, 2.45) is 0 Å². The first-order valence-electron chi connectivity index (χ1n) is 5.57. The van der Waals surface area contributed by atoms with Crippen LogP contribution in [0.4, 0.5) is 0 Å². The van der Waals surface area contributed by atoms with E-state index in [1.807, 2.05) is 6.07 Å². The highest BCUT2D eigenvalue weighted by atomic mass is 35.5. The van der Waals surface area contributed by atoms with E-state index in [-0.39, 0.29) is 0 Å². The second-order valence-electron chi connectivity index (χ2n) is 4.07. The fourth-order valence-electron chi connectivity index (χ4n) is 2.00. The predicted molar refractivity (Wildman–Crippen MR) is 73.5 cm³/mol. The molecule has 1 aromatic rings. The van der Waals surface area contributed by atoms with Gasteiger partial charge in [0, 0.05) is 0 Å². The summed E-state index contributed by atoms with van der Waals surface area (Å²) in [4.78, 5) is 0. The minimum absolute atomic E-state index is 0.490. The van der Waals surface area contributed by atoms with Crippen molar-refractivity contribution in [1.29, 1.82) is 5.26 Å². The summed E-state index contributed by atoms with van der Waals surface area (Å²) in [6, 6.07) is 7.80. The summed E-state index contributed by atoms with van der Waals surface area (Å²) in [6.07, 6.45) is 4.12. The van der Waals surface area contributed by atoms with Crippen molar-refractivity contribution in [3.63, 3.8) is 0 Å². The third kappa shape index (κ3) is 3.03. The van der Waals surface area contributed by atoms with Crippen molar-refractivity contribution in [2.45, 2.75) is 31.6 Å². The van der Waals surface area contributed by atoms with E-state index in [0.29, 0.717) is 16.5 Å². The molecule has 0 amide bonds. The van der Waals surface area contributed by atoms with Crippen LogP contribution in [0.1, 0.15) is 31.7 Å². The number of benzene rings is 1. The molecule has 1 rings (SSSR count). The lowest BCUT2D eigenvalue weighted by molar-refractivity contribution is 0.502. The summed E-state index contributed by atoms with van der Waals surface area (Å²) < 4.78 is 0. The molecular formula is C14H15Cl2N. The third-order valence-corrected chi connectivity index (χ3v) is 3.59. The fourth-order valence-corrected chi connectivity index (χ4v) is 2.30. The van der Waals surface area contributed by atoms with Gasteiger partial charge >= 0.3 is 0 Å². The predicted octanol–water partition coefficient (Wildman–Crippen LogP) is 5.13. The van der Waals surface area contributed by atoms with Crippen LogP contribution in [-0.2, 0) is 5.41 Å². The minimum Gasteiger partial charge on any atom is -0.197 e. The van der Waals surface area contributed by atoms with E-state index in [4.69, 9.17) is 23.2 Å². The average molecular weight is 268 g/mol. The summed E-state index contributed by atoms with van der Waals surface area (Å²) in [7, 11) is 0. The van der Waals surface area contributed by atoms with E-state index in [1.54, 1.807) is 18.2 Å². The molecule has 0 spiro atoms. The highest BCUT2D eigenvalue weighted by Gasteiger charge is 2.30. The van der Waals surface area contributed by atoms with Gasteiger partial charge in [0.25, 0.3) is 0 Å². The maximum Gasteiger partial charge on any atom is 0.0857 e. The van der Waals surface area contributed by atoms with Crippen LogP contribution in [0, 0.1) is 11.3 Å². The van der Waals surface area contributed by atoms with Crippen LogP contribution in [0.15, 0.2) is 30.9 Å². The van der Waals surface area contributed by atoms with Gasteiger partial charge in [-0.3, -0.25) is 0 Å². The SMILES string of the molecule is C=CCC(C#N)(CCC)c1ccc(Cl)c(Cl)c1. The van der Waals surface area contributed by atoms with Crippen LogP contribution in [0.25, 0.3) is 0 Å². The molecule has 0 saturated heterocycles. The Morgan fingerprint density at radius 1 is 1.41 bits per heavy atom. The second kappa shape index (κ2) is 6.10.